The normalized spacial score (nSPS) is 13.7. The average Bonchev–Trinajstić information content (AvgIpc) is 3.35. The van der Waals surface area contributed by atoms with E-state index in [1.165, 1.54) is 28.8 Å². The van der Waals surface area contributed by atoms with E-state index in [0.29, 0.717) is 21.7 Å². The summed E-state index contributed by atoms with van der Waals surface area (Å²) in [6.45, 7) is 1.83. The van der Waals surface area contributed by atoms with Gasteiger partial charge in [0.25, 0.3) is 5.91 Å². The van der Waals surface area contributed by atoms with Crippen LogP contribution in [0.1, 0.15) is 12.5 Å². The zero-order valence-electron chi connectivity index (χ0n) is 17.4. The van der Waals surface area contributed by atoms with Crippen molar-refractivity contribution >= 4 is 49.5 Å². The Hall–Kier alpha value is -3.48. The molecule has 0 spiro atoms. The summed E-state index contributed by atoms with van der Waals surface area (Å²) in [4.78, 5) is 28.9. The number of primary sulfonamides is 1. The molecule has 0 saturated carbocycles. The molecule has 0 radical (unpaired) electrons. The molecule has 10 nitrogen and oxygen atoms in total. The lowest BCUT2D eigenvalue weighted by atomic mass is 10.2. The first-order valence-electron chi connectivity index (χ1n) is 9.73. The number of fused-ring (bicyclic) bond motifs is 2. The zero-order valence-corrected chi connectivity index (χ0v) is 19.0. The van der Waals surface area contributed by atoms with Gasteiger partial charge in [-0.3, -0.25) is 9.59 Å². The van der Waals surface area contributed by atoms with Crippen molar-refractivity contribution in [3.63, 3.8) is 0 Å². The molecule has 1 amide bonds. The fourth-order valence-electron chi connectivity index (χ4n) is 3.12. The maximum absolute atomic E-state index is 12.5. The first kappa shape index (κ1) is 22.7. The van der Waals surface area contributed by atoms with Gasteiger partial charge in [0.2, 0.25) is 16.8 Å². The summed E-state index contributed by atoms with van der Waals surface area (Å²) in [6.07, 6.45) is 2.86. The SMILES string of the molecule is CCOC(=O)Cn1c(=NC(=O)C=Cc2ccc3c(c2)OCO3)sc2cc(S(N)(=O)=O)ccc21. The highest BCUT2D eigenvalue weighted by atomic mass is 32.2. The highest BCUT2D eigenvalue weighted by Crippen LogP contribution is 2.32. The Balaban J connectivity index is 1.70. The highest BCUT2D eigenvalue weighted by Gasteiger charge is 2.16. The van der Waals surface area contributed by atoms with Crippen LogP contribution in [-0.2, 0) is 30.9 Å². The summed E-state index contributed by atoms with van der Waals surface area (Å²) in [7, 11) is -3.92. The summed E-state index contributed by atoms with van der Waals surface area (Å²) < 4.78 is 41.0. The van der Waals surface area contributed by atoms with Crippen LogP contribution in [0.3, 0.4) is 0 Å². The van der Waals surface area contributed by atoms with Gasteiger partial charge >= 0.3 is 5.97 Å². The average molecular weight is 490 g/mol. The van der Waals surface area contributed by atoms with Crippen LogP contribution in [0.2, 0.25) is 0 Å². The lowest BCUT2D eigenvalue weighted by Crippen LogP contribution is -2.22. The molecule has 0 bridgehead atoms. The van der Waals surface area contributed by atoms with Gasteiger partial charge in [0.15, 0.2) is 16.3 Å². The fraction of sp³-hybridized carbons (Fsp3) is 0.190. The molecule has 0 aliphatic carbocycles. The Morgan fingerprint density at radius 1 is 1.21 bits per heavy atom. The van der Waals surface area contributed by atoms with E-state index in [9.17, 15) is 18.0 Å². The van der Waals surface area contributed by atoms with Crippen molar-refractivity contribution in [3.8, 4) is 11.5 Å². The van der Waals surface area contributed by atoms with E-state index in [1.807, 2.05) is 0 Å². The molecule has 0 saturated heterocycles. The molecule has 4 rings (SSSR count). The second-order valence-electron chi connectivity index (χ2n) is 6.85. The summed E-state index contributed by atoms with van der Waals surface area (Å²) in [5, 5.41) is 5.21. The van der Waals surface area contributed by atoms with Crippen molar-refractivity contribution in [1.82, 2.24) is 4.57 Å². The number of benzene rings is 2. The third-order valence-corrected chi connectivity index (χ3v) is 6.55. The lowest BCUT2D eigenvalue weighted by molar-refractivity contribution is -0.143. The van der Waals surface area contributed by atoms with Crippen molar-refractivity contribution in [2.45, 2.75) is 18.4 Å². The molecular weight excluding hydrogens is 470 g/mol. The van der Waals surface area contributed by atoms with Crippen LogP contribution in [0.15, 0.2) is 52.4 Å². The second kappa shape index (κ2) is 9.17. The zero-order chi connectivity index (χ0) is 23.6. The van der Waals surface area contributed by atoms with Crippen molar-refractivity contribution in [1.29, 1.82) is 0 Å². The quantitative estimate of drug-likeness (QED) is 0.411. The number of amides is 1. The Kier molecular flexibility index (Phi) is 6.31. The van der Waals surface area contributed by atoms with E-state index in [4.69, 9.17) is 19.3 Å². The summed E-state index contributed by atoms with van der Waals surface area (Å²) in [6, 6.07) is 9.47. The Labute approximate surface area is 192 Å². The predicted molar refractivity (Wildman–Crippen MR) is 120 cm³/mol. The maximum atomic E-state index is 12.5. The van der Waals surface area contributed by atoms with Crippen LogP contribution in [0, 0.1) is 0 Å². The summed E-state index contributed by atoms with van der Waals surface area (Å²) in [5.41, 5.74) is 1.24. The van der Waals surface area contributed by atoms with E-state index in [2.05, 4.69) is 4.99 Å². The number of rotatable bonds is 6. The monoisotopic (exact) mass is 489 g/mol. The van der Waals surface area contributed by atoms with Crippen molar-refractivity contribution in [2.75, 3.05) is 13.4 Å². The summed E-state index contributed by atoms with van der Waals surface area (Å²) >= 11 is 1.06. The molecular formula is C21H19N3O7S2. The Bertz CT molecular complexity index is 1450. The number of hydrogen-bond donors (Lipinski definition) is 1. The number of sulfonamides is 1. The third-order valence-electron chi connectivity index (χ3n) is 4.60. The molecule has 1 aliphatic rings. The van der Waals surface area contributed by atoms with Crippen LogP contribution in [-0.4, -0.2) is 38.3 Å². The minimum Gasteiger partial charge on any atom is -0.465 e. The number of esters is 1. The van der Waals surface area contributed by atoms with Crippen LogP contribution in [0.25, 0.3) is 16.3 Å². The van der Waals surface area contributed by atoms with Gasteiger partial charge < -0.3 is 18.8 Å². The molecule has 0 unspecified atom stereocenters. The molecule has 0 fully saturated rings. The van der Waals surface area contributed by atoms with E-state index in [1.54, 1.807) is 31.2 Å². The van der Waals surface area contributed by atoms with Crippen LogP contribution < -0.4 is 19.4 Å². The molecule has 2 aromatic carbocycles. The third kappa shape index (κ3) is 5.13. The number of aromatic nitrogens is 1. The van der Waals surface area contributed by atoms with Gasteiger partial charge in [-0.15, -0.1) is 0 Å². The maximum Gasteiger partial charge on any atom is 0.326 e. The molecule has 12 heteroatoms. The van der Waals surface area contributed by atoms with Gasteiger partial charge in [-0.1, -0.05) is 17.4 Å². The number of hydrogen-bond acceptors (Lipinski definition) is 8. The number of carbonyl (C=O) groups is 2. The predicted octanol–water partition coefficient (Wildman–Crippen LogP) is 1.78. The number of ether oxygens (including phenoxy) is 3. The molecule has 33 heavy (non-hydrogen) atoms. The fourth-order valence-corrected chi connectivity index (χ4v) is 4.81. The van der Waals surface area contributed by atoms with Crippen LogP contribution >= 0.6 is 11.3 Å². The lowest BCUT2D eigenvalue weighted by Gasteiger charge is -2.05. The minimum atomic E-state index is -3.92. The van der Waals surface area contributed by atoms with Crippen molar-refractivity contribution in [3.05, 3.63) is 52.8 Å². The standard InChI is InChI=1S/C21H19N3O7S2/c1-2-29-20(26)11-24-15-6-5-14(33(22,27)28)10-18(15)32-21(24)23-19(25)8-4-13-3-7-16-17(9-13)31-12-30-16/h3-10H,2,11-12H2,1H3,(H2,22,27,28). The number of carbonyl (C=O) groups excluding carboxylic acids is 2. The van der Waals surface area contributed by atoms with Gasteiger partial charge in [-0.2, -0.15) is 4.99 Å². The van der Waals surface area contributed by atoms with Crippen molar-refractivity contribution in [2.24, 2.45) is 10.1 Å². The molecule has 2 N–H and O–H groups in total. The van der Waals surface area contributed by atoms with Gasteiger partial charge in [0.05, 0.1) is 21.7 Å². The molecule has 0 atom stereocenters. The van der Waals surface area contributed by atoms with Crippen LogP contribution in [0.5, 0.6) is 11.5 Å². The topological polar surface area (TPSA) is 139 Å². The molecule has 172 valence electrons. The minimum absolute atomic E-state index is 0.0832. The Morgan fingerprint density at radius 2 is 2.00 bits per heavy atom. The highest BCUT2D eigenvalue weighted by molar-refractivity contribution is 7.89. The second-order valence-corrected chi connectivity index (χ2v) is 9.42. The van der Waals surface area contributed by atoms with Gasteiger partial charge in [-0.25, -0.2) is 13.6 Å². The molecule has 1 aromatic heterocycles. The smallest absolute Gasteiger partial charge is 0.326 e. The van der Waals surface area contributed by atoms with E-state index in [0.717, 1.165) is 16.9 Å². The van der Waals surface area contributed by atoms with E-state index < -0.39 is 21.9 Å². The molecule has 1 aliphatic heterocycles. The first-order valence-corrected chi connectivity index (χ1v) is 12.1. The number of thiazole rings is 1. The van der Waals surface area contributed by atoms with Crippen molar-refractivity contribution < 1.29 is 32.2 Å². The Morgan fingerprint density at radius 3 is 2.76 bits per heavy atom. The first-order chi connectivity index (χ1) is 15.7. The number of nitrogens with two attached hydrogens (primary N) is 1. The largest absolute Gasteiger partial charge is 0.465 e. The number of nitrogens with zero attached hydrogens (tertiary/aromatic N) is 2. The van der Waals surface area contributed by atoms with Gasteiger partial charge in [0.1, 0.15) is 6.54 Å². The van der Waals surface area contributed by atoms with E-state index >= 15 is 0 Å². The van der Waals surface area contributed by atoms with E-state index in [-0.39, 0.29) is 29.6 Å². The van der Waals surface area contributed by atoms with Gasteiger partial charge in [0, 0.05) is 6.08 Å². The van der Waals surface area contributed by atoms with Gasteiger partial charge in [-0.05, 0) is 48.9 Å². The molecule has 2 heterocycles. The summed E-state index contributed by atoms with van der Waals surface area (Å²) in [5.74, 6) is 0.136. The van der Waals surface area contributed by atoms with Crippen LogP contribution in [0.4, 0.5) is 0 Å². The molecule has 3 aromatic rings.